The van der Waals surface area contributed by atoms with Crippen LogP contribution in [-0.4, -0.2) is 4.57 Å². The number of nitrogens with one attached hydrogen (secondary N) is 1. The molecule has 1 aliphatic rings. The molecule has 15 heavy (non-hydrogen) atoms. The normalized spacial score (nSPS) is 14.7. The number of aryl methyl sites for hydroxylation is 1. The van der Waals surface area contributed by atoms with Gasteiger partial charge in [-0.1, -0.05) is 18.2 Å². The summed E-state index contributed by atoms with van der Waals surface area (Å²) in [6.45, 7) is 3.05. The van der Waals surface area contributed by atoms with Gasteiger partial charge in [0.15, 0.2) is 0 Å². The van der Waals surface area contributed by atoms with E-state index in [1.54, 1.807) is 0 Å². The van der Waals surface area contributed by atoms with Crippen LogP contribution in [0.2, 0.25) is 0 Å². The largest absolute Gasteiger partial charge is 0.383 e. The minimum absolute atomic E-state index is 0.933. The molecule has 1 aromatic carbocycles. The van der Waals surface area contributed by atoms with Gasteiger partial charge in [0, 0.05) is 34.9 Å². The van der Waals surface area contributed by atoms with Gasteiger partial charge in [0.2, 0.25) is 0 Å². The van der Waals surface area contributed by atoms with Gasteiger partial charge in [-0.05, 0) is 19.1 Å². The number of aromatic nitrogens is 1. The number of para-hydroxylation sites is 1. The summed E-state index contributed by atoms with van der Waals surface area (Å²) in [6, 6.07) is 8.58. The van der Waals surface area contributed by atoms with Gasteiger partial charge in [-0.3, -0.25) is 0 Å². The lowest BCUT2D eigenvalue weighted by atomic mass is 10.1. The Kier molecular flexibility index (Phi) is 1.66. The van der Waals surface area contributed by atoms with Gasteiger partial charge in [-0.2, -0.15) is 0 Å². The fraction of sp³-hybridized carbons (Fsp3) is 0.231. The molecule has 2 heteroatoms. The van der Waals surface area contributed by atoms with E-state index < -0.39 is 0 Å². The van der Waals surface area contributed by atoms with E-state index in [2.05, 4.69) is 54.2 Å². The van der Waals surface area contributed by atoms with Crippen molar-refractivity contribution in [3.8, 4) is 0 Å². The first-order valence-electron chi connectivity index (χ1n) is 5.26. The van der Waals surface area contributed by atoms with E-state index in [9.17, 15) is 0 Å². The number of fused-ring (bicyclic) bond motifs is 3. The van der Waals surface area contributed by atoms with Crippen LogP contribution in [0.3, 0.4) is 0 Å². The highest BCUT2D eigenvalue weighted by molar-refractivity contribution is 5.92. The lowest BCUT2D eigenvalue weighted by Gasteiger charge is -2.14. The van der Waals surface area contributed by atoms with Gasteiger partial charge in [-0.15, -0.1) is 0 Å². The standard InChI is InChI=1S/C13H14N2/c1-9-7-11-10-5-3-4-6-12(10)15(2)13(11)8-14-9/h3-7,14H,8H2,1-2H3. The molecule has 0 radical (unpaired) electrons. The molecule has 76 valence electrons. The van der Waals surface area contributed by atoms with Crippen molar-refractivity contribution in [2.24, 2.45) is 7.05 Å². The van der Waals surface area contributed by atoms with Crippen LogP contribution >= 0.6 is 0 Å². The van der Waals surface area contributed by atoms with Crippen LogP contribution in [0.1, 0.15) is 18.2 Å². The van der Waals surface area contributed by atoms with Crippen molar-refractivity contribution in [3.05, 3.63) is 41.2 Å². The molecule has 1 N–H and O–H groups in total. The van der Waals surface area contributed by atoms with Crippen LogP contribution in [0.5, 0.6) is 0 Å². The molecule has 0 spiro atoms. The number of benzene rings is 1. The molecule has 3 rings (SSSR count). The van der Waals surface area contributed by atoms with E-state index in [0.717, 1.165) is 6.54 Å². The maximum absolute atomic E-state index is 3.38. The Labute approximate surface area is 89.2 Å². The molecule has 2 aromatic rings. The molecule has 0 atom stereocenters. The lowest BCUT2D eigenvalue weighted by Crippen LogP contribution is -2.17. The predicted molar refractivity (Wildman–Crippen MR) is 63.4 cm³/mol. The highest BCUT2D eigenvalue weighted by Crippen LogP contribution is 2.29. The van der Waals surface area contributed by atoms with Crippen LogP contribution in [0, 0.1) is 0 Å². The van der Waals surface area contributed by atoms with Crippen LogP contribution in [0.15, 0.2) is 30.0 Å². The molecular weight excluding hydrogens is 184 g/mol. The fourth-order valence-electron chi connectivity index (χ4n) is 2.34. The molecule has 0 saturated carbocycles. The molecular formula is C13H14N2. The van der Waals surface area contributed by atoms with Crippen molar-refractivity contribution < 1.29 is 0 Å². The second-order valence-corrected chi connectivity index (χ2v) is 4.12. The third-order valence-corrected chi connectivity index (χ3v) is 3.17. The van der Waals surface area contributed by atoms with E-state index >= 15 is 0 Å². The van der Waals surface area contributed by atoms with Crippen LogP contribution in [0.25, 0.3) is 17.0 Å². The van der Waals surface area contributed by atoms with Crippen molar-refractivity contribution in [3.63, 3.8) is 0 Å². The first-order valence-corrected chi connectivity index (χ1v) is 5.26. The fourth-order valence-corrected chi connectivity index (χ4v) is 2.34. The average molecular weight is 198 g/mol. The summed E-state index contributed by atoms with van der Waals surface area (Å²) in [5, 5.41) is 4.74. The highest BCUT2D eigenvalue weighted by atomic mass is 15.0. The predicted octanol–water partition coefficient (Wildman–Crippen LogP) is 2.64. The first-order chi connectivity index (χ1) is 7.27. The summed E-state index contributed by atoms with van der Waals surface area (Å²) in [7, 11) is 2.14. The van der Waals surface area contributed by atoms with E-state index in [4.69, 9.17) is 0 Å². The Morgan fingerprint density at radius 3 is 2.93 bits per heavy atom. The average Bonchev–Trinajstić information content (AvgIpc) is 2.54. The topological polar surface area (TPSA) is 17.0 Å². The summed E-state index contributed by atoms with van der Waals surface area (Å²) in [4.78, 5) is 0. The third-order valence-electron chi connectivity index (χ3n) is 3.17. The maximum Gasteiger partial charge on any atom is 0.0556 e. The van der Waals surface area contributed by atoms with E-state index in [-0.39, 0.29) is 0 Å². The smallest absolute Gasteiger partial charge is 0.0556 e. The number of rotatable bonds is 0. The Morgan fingerprint density at radius 1 is 1.27 bits per heavy atom. The van der Waals surface area contributed by atoms with Crippen LogP contribution in [0.4, 0.5) is 0 Å². The van der Waals surface area contributed by atoms with Crippen molar-refractivity contribution >= 4 is 17.0 Å². The summed E-state index contributed by atoms with van der Waals surface area (Å²) in [6.07, 6.45) is 2.24. The number of allylic oxidation sites excluding steroid dienone is 1. The zero-order valence-corrected chi connectivity index (χ0v) is 9.04. The van der Waals surface area contributed by atoms with Crippen molar-refractivity contribution in [1.29, 1.82) is 0 Å². The summed E-state index contributed by atoms with van der Waals surface area (Å²) in [5.41, 5.74) is 5.32. The SMILES string of the molecule is CC1=Cc2c(n(C)c3ccccc23)CN1. The number of hydrogen-bond donors (Lipinski definition) is 1. The third kappa shape index (κ3) is 1.11. The Bertz CT molecular complexity index is 561. The quantitative estimate of drug-likeness (QED) is 0.688. The molecule has 0 unspecified atom stereocenters. The van der Waals surface area contributed by atoms with Crippen molar-refractivity contribution in [2.75, 3.05) is 0 Å². The van der Waals surface area contributed by atoms with Crippen molar-refractivity contribution in [2.45, 2.75) is 13.5 Å². The second-order valence-electron chi connectivity index (χ2n) is 4.12. The Balaban J connectivity index is 2.44. The summed E-state index contributed by atoms with van der Waals surface area (Å²) in [5.74, 6) is 0. The van der Waals surface area contributed by atoms with Gasteiger partial charge in [0.1, 0.15) is 0 Å². The summed E-state index contributed by atoms with van der Waals surface area (Å²) >= 11 is 0. The van der Waals surface area contributed by atoms with Crippen LogP contribution in [-0.2, 0) is 13.6 Å². The number of hydrogen-bond acceptors (Lipinski definition) is 1. The van der Waals surface area contributed by atoms with E-state index in [1.807, 2.05) is 0 Å². The van der Waals surface area contributed by atoms with Crippen molar-refractivity contribution in [1.82, 2.24) is 9.88 Å². The van der Waals surface area contributed by atoms with E-state index in [0.29, 0.717) is 0 Å². The molecule has 0 saturated heterocycles. The van der Waals surface area contributed by atoms with Gasteiger partial charge in [-0.25, -0.2) is 0 Å². The molecule has 1 aromatic heterocycles. The molecule has 0 fully saturated rings. The zero-order valence-electron chi connectivity index (χ0n) is 9.04. The minimum atomic E-state index is 0.933. The van der Waals surface area contributed by atoms with Gasteiger partial charge < -0.3 is 9.88 Å². The summed E-state index contributed by atoms with van der Waals surface area (Å²) < 4.78 is 2.28. The minimum Gasteiger partial charge on any atom is -0.383 e. The molecule has 0 aliphatic carbocycles. The first kappa shape index (κ1) is 8.60. The molecule has 0 amide bonds. The Morgan fingerprint density at radius 2 is 2.07 bits per heavy atom. The second kappa shape index (κ2) is 2.89. The molecule has 1 aliphatic heterocycles. The van der Waals surface area contributed by atoms with Gasteiger partial charge >= 0.3 is 0 Å². The molecule has 2 heterocycles. The zero-order chi connectivity index (χ0) is 10.4. The van der Waals surface area contributed by atoms with Gasteiger partial charge in [0.05, 0.1) is 6.54 Å². The highest BCUT2D eigenvalue weighted by Gasteiger charge is 2.15. The maximum atomic E-state index is 3.38. The lowest BCUT2D eigenvalue weighted by molar-refractivity contribution is 0.735. The van der Waals surface area contributed by atoms with Crippen LogP contribution < -0.4 is 5.32 Å². The monoisotopic (exact) mass is 198 g/mol. The van der Waals surface area contributed by atoms with E-state index in [1.165, 1.54) is 27.9 Å². The molecule has 0 bridgehead atoms. The Hall–Kier alpha value is -1.70. The van der Waals surface area contributed by atoms with Gasteiger partial charge in [0.25, 0.3) is 0 Å². The molecule has 2 nitrogen and oxygen atoms in total. The number of nitrogens with zero attached hydrogens (tertiary/aromatic N) is 1.